The number of carbonyl (C=O) groups is 1. The minimum absolute atomic E-state index is 0.182. The molecule has 2 aromatic carbocycles. The van der Waals surface area contributed by atoms with E-state index >= 15 is 0 Å². The SMILES string of the molecule is O=C(NCCc1cccc(Cl)c1)NCc1ccc(Cn2cncn2)cc1. The maximum Gasteiger partial charge on any atom is 0.315 e. The minimum atomic E-state index is -0.182. The number of urea groups is 1. The van der Waals surface area contributed by atoms with Gasteiger partial charge in [0.15, 0.2) is 0 Å². The molecule has 0 radical (unpaired) electrons. The van der Waals surface area contributed by atoms with Crippen molar-refractivity contribution in [3.05, 3.63) is 82.9 Å². The van der Waals surface area contributed by atoms with Crippen molar-refractivity contribution < 1.29 is 4.79 Å². The quantitative estimate of drug-likeness (QED) is 0.672. The van der Waals surface area contributed by atoms with Crippen molar-refractivity contribution in [2.45, 2.75) is 19.5 Å². The van der Waals surface area contributed by atoms with E-state index in [1.807, 2.05) is 48.5 Å². The van der Waals surface area contributed by atoms with E-state index < -0.39 is 0 Å². The summed E-state index contributed by atoms with van der Waals surface area (Å²) in [5.41, 5.74) is 3.27. The highest BCUT2D eigenvalue weighted by atomic mass is 35.5. The van der Waals surface area contributed by atoms with Gasteiger partial charge in [0.05, 0.1) is 6.54 Å². The number of rotatable bonds is 7. The summed E-state index contributed by atoms with van der Waals surface area (Å²) >= 11 is 5.95. The van der Waals surface area contributed by atoms with Gasteiger partial charge in [-0.1, -0.05) is 48.0 Å². The molecule has 2 amide bonds. The zero-order chi connectivity index (χ0) is 18.2. The van der Waals surface area contributed by atoms with Crippen molar-refractivity contribution in [2.75, 3.05) is 6.54 Å². The van der Waals surface area contributed by atoms with Crippen LogP contribution in [0.4, 0.5) is 4.79 Å². The Morgan fingerprint density at radius 1 is 1.04 bits per heavy atom. The van der Waals surface area contributed by atoms with Crippen LogP contribution in [0, 0.1) is 0 Å². The van der Waals surface area contributed by atoms with Gasteiger partial charge >= 0.3 is 6.03 Å². The van der Waals surface area contributed by atoms with Crippen LogP contribution in [0.25, 0.3) is 0 Å². The van der Waals surface area contributed by atoms with Crippen molar-refractivity contribution in [1.82, 2.24) is 25.4 Å². The molecular weight excluding hydrogens is 350 g/mol. The smallest absolute Gasteiger partial charge is 0.315 e. The van der Waals surface area contributed by atoms with Crippen LogP contribution in [-0.4, -0.2) is 27.3 Å². The Bertz CT molecular complexity index is 833. The van der Waals surface area contributed by atoms with Crippen molar-refractivity contribution >= 4 is 17.6 Å². The van der Waals surface area contributed by atoms with Gasteiger partial charge in [0, 0.05) is 18.1 Å². The molecule has 1 heterocycles. The lowest BCUT2D eigenvalue weighted by Gasteiger charge is -2.09. The van der Waals surface area contributed by atoms with Gasteiger partial charge in [0.25, 0.3) is 0 Å². The van der Waals surface area contributed by atoms with Crippen LogP contribution in [0.15, 0.2) is 61.2 Å². The lowest BCUT2D eigenvalue weighted by molar-refractivity contribution is 0.240. The third-order valence-electron chi connectivity index (χ3n) is 3.88. The summed E-state index contributed by atoms with van der Waals surface area (Å²) in [6.45, 7) is 1.72. The van der Waals surface area contributed by atoms with E-state index in [4.69, 9.17) is 11.6 Å². The first kappa shape index (κ1) is 17.9. The third kappa shape index (κ3) is 5.60. The predicted octanol–water partition coefficient (Wildman–Crippen LogP) is 3.02. The third-order valence-corrected chi connectivity index (χ3v) is 4.11. The van der Waals surface area contributed by atoms with Crippen molar-refractivity contribution in [3.63, 3.8) is 0 Å². The second kappa shape index (κ2) is 9.01. The van der Waals surface area contributed by atoms with E-state index in [0.717, 1.165) is 23.1 Å². The number of benzene rings is 2. The van der Waals surface area contributed by atoms with Gasteiger partial charge in [-0.25, -0.2) is 14.5 Å². The van der Waals surface area contributed by atoms with Crippen LogP contribution in [-0.2, 0) is 19.5 Å². The molecule has 1 aromatic heterocycles. The minimum Gasteiger partial charge on any atom is -0.338 e. The van der Waals surface area contributed by atoms with E-state index in [-0.39, 0.29) is 6.03 Å². The molecule has 26 heavy (non-hydrogen) atoms. The molecular formula is C19H20ClN5O. The molecule has 0 saturated carbocycles. The van der Waals surface area contributed by atoms with Crippen molar-refractivity contribution in [2.24, 2.45) is 0 Å². The molecule has 0 saturated heterocycles. The highest BCUT2D eigenvalue weighted by Gasteiger charge is 2.02. The monoisotopic (exact) mass is 369 g/mol. The van der Waals surface area contributed by atoms with E-state index in [1.165, 1.54) is 6.33 Å². The molecule has 0 aliphatic rings. The number of amides is 2. The number of nitrogens with zero attached hydrogens (tertiary/aromatic N) is 3. The number of hydrogen-bond donors (Lipinski definition) is 2. The molecule has 3 rings (SSSR count). The van der Waals surface area contributed by atoms with Crippen molar-refractivity contribution in [1.29, 1.82) is 0 Å². The second-order valence-corrected chi connectivity index (χ2v) is 6.34. The summed E-state index contributed by atoms with van der Waals surface area (Å²) in [6, 6.07) is 15.5. The Morgan fingerprint density at radius 3 is 2.58 bits per heavy atom. The van der Waals surface area contributed by atoms with Gasteiger partial charge in [0.1, 0.15) is 12.7 Å². The summed E-state index contributed by atoms with van der Waals surface area (Å²) in [5.74, 6) is 0. The van der Waals surface area contributed by atoms with E-state index in [1.54, 1.807) is 11.0 Å². The van der Waals surface area contributed by atoms with E-state index in [0.29, 0.717) is 24.7 Å². The zero-order valence-electron chi connectivity index (χ0n) is 14.2. The Balaban J connectivity index is 1.38. The Hall–Kier alpha value is -2.86. The molecule has 2 N–H and O–H groups in total. The Kier molecular flexibility index (Phi) is 6.22. The van der Waals surface area contributed by atoms with Gasteiger partial charge < -0.3 is 10.6 Å². The zero-order valence-corrected chi connectivity index (χ0v) is 15.0. The Morgan fingerprint density at radius 2 is 1.85 bits per heavy atom. The van der Waals surface area contributed by atoms with Crippen LogP contribution >= 0.6 is 11.6 Å². The molecule has 0 fully saturated rings. The summed E-state index contributed by atoms with van der Waals surface area (Å²) in [7, 11) is 0. The fraction of sp³-hybridized carbons (Fsp3) is 0.211. The second-order valence-electron chi connectivity index (χ2n) is 5.90. The van der Waals surface area contributed by atoms with Crippen LogP contribution in [0.1, 0.15) is 16.7 Å². The van der Waals surface area contributed by atoms with E-state index in [2.05, 4.69) is 20.7 Å². The van der Waals surface area contributed by atoms with Gasteiger partial charge in [-0.05, 0) is 35.2 Å². The first-order valence-electron chi connectivity index (χ1n) is 8.35. The molecule has 134 valence electrons. The number of nitrogens with one attached hydrogen (secondary N) is 2. The van der Waals surface area contributed by atoms with Crippen LogP contribution in [0.3, 0.4) is 0 Å². The molecule has 0 atom stereocenters. The molecule has 0 spiro atoms. The fourth-order valence-electron chi connectivity index (χ4n) is 2.52. The fourth-order valence-corrected chi connectivity index (χ4v) is 2.73. The summed E-state index contributed by atoms with van der Waals surface area (Å²) in [5, 5.41) is 10.5. The Labute approximate surface area is 157 Å². The standard InChI is InChI=1S/C19H20ClN5O/c20-18-3-1-2-15(10-18)8-9-22-19(26)23-11-16-4-6-17(7-5-16)12-25-14-21-13-24-25/h1-7,10,13-14H,8-9,11-12H2,(H2,22,23,26). The lowest BCUT2D eigenvalue weighted by Crippen LogP contribution is -2.36. The van der Waals surface area contributed by atoms with Crippen molar-refractivity contribution in [3.8, 4) is 0 Å². The summed E-state index contributed by atoms with van der Waals surface area (Å²) in [6.07, 6.45) is 3.94. The number of hydrogen-bond acceptors (Lipinski definition) is 3. The largest absolute Gasteiger partial charge is 0.338 e. The molecule has 0 bridgehead atoms. The van der Waals surface area contributed by atoms with Crippen LogP contribution < -0.4 is 10.6 Å². The highest BCUT2D eigenvalue weighted by Crippen LogP contribution is 2.10. The number of carbonyl (C=O) groups excluding carboxylic acids is 1. The molecule has 7 heteroatoms. The normalized spacial score (nSPS) is 10.5. The van der Waals surface area contributed by atoms with Gasteiger partial charge in [-0.3, -0.25) is 0 Å². The first-order valence-corrected chi connectivity index (χ1v) is 8.73. The average molecular weight is 370 g/mol. The van der Waals surface area contributed by atoms with E-state index in [9.17, 15) is 4.79 Å². The maximum absolute atomic E-state index is 11.9. The lowest BCUT2D eigenvalue weighted by atomic mass is 10.1. The van der Waals surface area contributed by atoms with Gasteiger partial charge in [-0.2, -0.15) is 5.10 Å². The van der Waals surface area contributed by atoms with Gasteiger partial charge in [0.2, 0.25) is 0 Å². The number of halogens is 1. The summed E-state index contributed by atoms with van der Waals surface area (Å²) < 4.78 is 1.76. The maximum atomic E-state index is 11.9. The average Bonchev–Trinajstić information content (AvgIpc) is 3.14. The predicted molar refractivity (Wildman–Crippen MR) is 101 cm³/mol. The summed E-state index contributed by atoms with van der Waals surface area (Å²) in [4.78, 5) is 15.8. The topological polar surface area (TPSA) is 71.8 Å². The van der Waals surface area contributed by atoms with Crippen LogP contribution in [0.5, 0.6) is 0 Å². The molecule has 0 aliphatic carbocycles. The molecule has 3 aromatic rings. The first-order chi connectivity index (χ1) is 12.7. The molecule has 0 unspecified atom stereocenters. The number of aromatic nitrogens is 3. The molecule has 0 aliphatic heterocycles. The highest BCUT2D eigenvalue weighted by molar-refractivity contribution is 6.30. The van der Waals surface area contributed by atoms with Crippen LogP contribution in [0.2, 0.25) is 5.02 Å². The molecule has 6 nitrogen and oxygen atoms in total. The van der Waals surface area contributed by atoms with Gasteiger partial charge in [-0.15, -0.1) is 0 Å².